The first-order valence-electron chi connectivity index (χ1n) is 9.43. The summed E-state index contributed by atoms with van der Waals surface area (Å²) >= 11 is 0. The first-order valence-corrected chi connectivity index (χ1v) is 11.0. The van der Waals surface area contributed by atoms with Gasteiger partial charge < -0.3 is 19.5 Å². The minimum Gasteiger partial charge on any atom is -0.493 e. The molecule has 2 atom stereocenters. The number of ether oxygens (including phenoxy) is 3. The van der Waals surface area contributed by atoms with Gasteiger partial charge in [-0.05, 0) is 47.7 Å². The van der Waals surface area contributed by atoms with Crippen LogP contribution in [0.1, 0.15) is 30.5 Å². The summed E-state index contributed by atoms with van der Waals surface area (Å²) < 4.78 is 28.8. The van der Waals surface area contributed by atoms with Crippen molar-refractivity contribution in [3.8, 4) is 28.4 Å². The predicted molar refractivity (Wildman–Crippen MR) is 115 cm³/mol. The fourth-order valence-electron chi connectivity index (χ4n) is 3.93. The van der Waals surface area contributed by atoms with Gasteiger partial charge in [0.05, 0.1) is 43.1 Å². The summed E-state index contributed by atoms with van der Waals surface area (Å²) in [6, 6.07) is 6.32. The van der Waals surface area contributed by atoms with E-state index in [-0.39, 0.29) is 22.3 Å². The quantitative estimate of drug-likeness (QED) is 0.783. The molecule has 0 fully saturated rings. The molecule has 2 aromatic carbocycles. The van der Waals surface area contributed by atoms with Gasteiger partial charge in [-0.1, -0.05) is 6.07 Å². The van der Waals surface area contributed by atoms with Crippen molar-refractivity contribution in [3.63, 3.8) is 0 Å². The van der Waals surface area contributed by atoms with Gasteiger partial charge in [0.15, 0.2) is 16.9 Å². The van der Waals surface area contributed by atoms with Crippen LogP contribution in [-0.2, 0) is 22.0 Å². The molecule has 7 nitrogen and oxygen atoms in total. The average molecular weight is 432 g/mol. The van der Waals surface area contributed by atoms with Gasteiger partial charge in [0.1, 0.15) is 0 Å². The molecule has 30 heavy (non-hydrogen) atoms. The molecule has 1 aliphatic rings. The van der Waals surface area contributed by atoms with Crippen molar-refractivity contribution in [1.29, 1.82) is 0 Å². The number of hydrogen-bond acceptors (Lipinski definition) is 6. The molecule has 8 heteroatoms. The van der Waals surface area contributed by atoms with Crippen LogP contribution in [0.25, 0.3) is 11.1 Å². The van der Waals surface area contributed by atoms with Crippen molar-refractivity contribution in [3.05, 3.63) is 45.6 Å². The molecule has 160 valence electrons. The molecule has 0 spiro atoms. The fraction of sp³-hybridized carbons (Fsp3) is 0.364. The fourth-order valence-corrected chi connectivity index (χ4v) is 4.53. The number of carbonyl (C=O) groups excluding carboxylic acids is 1. The van der Waals surface area contributed by atoms with E-state index in [1.807, 2.05) is 6.07 Å². The Morgan fingerprint density at radius 3 is 2.37 bits per heavy atom. The van der Waals surface area contributed by atoms with Crippen LogP contribution in [0.3, 0.4) is 0 Å². The molecular formula is C22H25NO6S. The number of fused-ring (bicyclic) bond motifs is 3. The van der Waals surface area contributed by atoms with Gasteiger partial charge in [0.25, 0.3) is 0 Å². The first kappa shape index (κ1) is 21.8. The van der Waals surface area contributed by atoms with E-state index in [0.29, 0.717) is 41.2 Å². The van der Waals surface area contributed by atoms with E-state index in [0.717, 1.165) is 11.1 Å². The second-order valence-electron chi connectivity index (χ2n) is 7.00. The lowest BCUT2D eigenvalue weighted by Gasteiger charge is -2.19. The highest BCUT2D eigenvalue weighted by Gasteiger charge is 2.29. The topological polar surface area (TPSA) is 90.9 Å². The molecule has 0 aromatic heterocycles. The normalized spacial score (nSPS) is 15.8. The largest absolute Gasteiger partial charge is 0.493 e. The maximum atomic E-state index is 12.8. The van der Waals surface area contributed by atoms with E-state index in [9.17, 15) is 13.8 Å². The Morgan fingerprint density at radius 2 is 1.80 bits per heavy atom. The van der Waals surface area contributed by atoms with Crippen molar-refractivity contribution in [2.45, 2.75) is 30.7 Å². The molecular weight excluding hydrogens is 406 g/mol. The van der Waals surface area contributed by atoms with E-state index in [4.69, 9.17) is 14.2 Å². The molecule has 1 aliphatic carbocycles. The van der Waals surface area contributed by atoms with Gasteiger partial charge in [-0.25, -0.2) is 0 Å². The smallest absolute Gasteiger partial charge is 0.217 e. The number of methoxy groups -OCH3 is 3. The lowest BCUT2D eigenvalue weighted by Crippen LogP contribution is -2.26. The summed E-state index contributed by atoms with van der Waals surface area (Å²) in [5, 5.41) is 2.94. The summed E-state index contributed by atoms with van der Waals surface area (Å²) in [7, 11) is 3.18. The second-order valence-corrected chi connectivity index (χ2v) is 8.35. The highest BCUT2D eigenvalue weighted by atomic mass is 32.2. The minimum absolute atomic E-state index is 0.197. The van der Waals surface area contributed by atoms with Crippen LogP contribution >= 0.6 is 0 Å². The zero-order valence-corrected chi connectivity index (χ0v) is 18.5. The SMILES string of the molecule is COc1cc2c(c(OC)c1OC)-c1ccc([S@](C)=O)c(=O)cc1[C@H](NC(C)=O)CC2. The van der Waals surface area contributed by atoms with Crippen LogP contribution in [0, 0.1) is 0 Å². The zero-order chi connectivity index (χ0) is 22.0. The second kappa shape index (κ2) is 8.87. The molecule has 1 N–H and O–H groups in total. The summed E-state index contributed by atoms with van der Waals surface area (Å²) in [5.41, 5.74) is 2.73. The highest BCUT2D eigenvalue weighted by Crippen LogP contribution is 2.50. The molecule has 2 aromatic rings. The summed E-state index contributed by atoms with van der Waals surface area (Å²) in [4.78, 5) is 24.9. The maximum Gasteiger partial charge on any atom is 0.217 e. The van der Waals surface area contributed by atoms with Crippen molar-refractivity contribution in [2.24, 2.45) is 0 Å². The van der Waals surface area contributed by atoms with E-state index in [2.05, 4.69) is 5.32 Å². The standard InChI is InChI=1S/C22H25NO6S/c1-12(24)23-16-8-6-13-10-18(27-2)21(28-3)22(29-4)20(13)14-7-9-19(30(5)26)17(25)11-15(14)16/h7,9-11,16H,6,8H2,1-5H3,(H,23,24)/t16-,30+/m1/s1. The van der Waals surface area contributed by atoms with E-state index in [1.54, 1.807) is 26.4 Å². The minimum atomic E-state index is -1.45. The summed E-state index contributed by atoms with van der Waals surface area (Å²) in [6.45, 7) is 1.44. The lowest BCUT2D eigenvalue weighted by atomic mass is 9.95. The molecule has 0 heterocycles. The van der Waals surface area contributed by atoms with E-state index >= 15 is 0 Å². The van der Waals surface area contributed by atoms with Gasteiger partial charge in [0.2, 0.25) is 11.7 Å². The Bertz CT molecular complexity index is 1080. The number of amides is 1. The van der Waals surface area contributed by atoms with Crippen LogP contribution in [-0.4, -0.2) is 37.7 Å². The van der Waals surface area contributed by atoms with E-state index < -0.39 is 10.8 Å². The van der Waals surface area contributed by atoms with Crippen molar-refractivity contribution in [1.82, 2.24) is 5.32 Å². The van der Waals surface area contributed by atoms with Crippen LogP contribution in [0.2, 0.25) is 0 Å². The average Bonchev–Trinajstić information content (AvgIpc) is 2.95. The highest BCUT2D eigenvalue weighted by molar-refractivity contribution is 7.84. The monoisotopic (exact) mass is 431 g/mol. The Balaban J connectivity index is 2.44. The van der Waals surface area contributed by atoms with Crippen LogP contribution in [0.5, 0.6) is 17.2 Å². The number of carbonyl (C=O) groups is 1. The van der Waals surface area contributed by atoms with Crippen molar-refractivity contribution >= 4 is 16.7 Å². The third-order valence-corrected chi connectivity index (χ3v) is 6.14. The maximum absolute atomic E-state index is 12.8. The summed E-state index contributed by atoms with van der Waals surface area (Å²) in [6.07, 6.45) is 2.66. The zero-order valence-electron chi connectivity index (χ0n) is 17.7. The molecule has 0 unspecified atom stereocenters. The van der Waals surface area contributed by atoms with E-state index in [1.165, 1.54) is 26.4 Å². The molecule has 0 radical (unpaired) electrons. The lowest BCUT2D eigenvalue weighted by molar-refractivity contribution is -0.119. The summed E-state index contributed by atoms with van der Waals surface area (Å²) in [5.74, 6) is 1.26. The first-order chi connectivity index (χ1) is 14.3. The Kier molecular flexibility index (Phi) is 6.45. The molecule has 0 saturated carbocycles. The Labute approximate surface area is 177 Å². The van der Waals surface area contributed by atoms with Gasteiger partial charge in [-0.15, -0.1) is 0 Å². The third kappa shape index (κ3) is 3.92. The Hall–Kier alpha value is -2.87. The van der Waals surface area contributed by atoms with Crippen molar-refractivity contribution < 1.29 is 23.2 Å². The molecule has 1 amide bonds. The molecule has 0 aliphatic heterocycles. The van der Waals surface area contributed by atoms with Gasteiger partial charge in [0, 0.05) is 18.7 Å². The number of aryl methyl sites for hydroxylation is 1. The number of rotatable bonds is 5. The number of nitrogens with one attached hydrogen (secondary N) is 1. The van der Waals surface area contributed by atoms with Gasteiger partial charge in [-0.3, -0.25) is 13.8 Å². The van der Waals surface area contributed by atoms with Crippen LogP contribution in [0.15, 0.2) is 34.0 Å². The number of benzene rings is 1. The van der Waals surface area contributed by atoms with Crippen LogP contribution in [0.4, 0.5) is 0 Å². The molecule has 0 bridgehead atoms. The van der Waals surface area contributed by atoms with Gasteiger partial charge >= 0.3 is 0 Å². The van der Waals surface area contributed by atoms with Crippen LogP contribution < -0.4 is 25.0 Å². The number of hydrogen-bond donors (Lipinski definition) is 1. The van der Waals surface area contributed by atoms with Gasteiger partial charge in [-0.2, -0.15) is 0 Å². The molecule has 3 rings (SSSR count). The Morgan fingerprint density at radius 1 is 1.10 bits per heavy atom. The predicted octanol–water partition coefficient (Wildman–Crippen LogP) is 2.60. The third-order valence-electron chi connectivity index (χ3n) is 5.19. The van der Waals surface area contributed by atoms with Crippen molar-refractivity contribution in [2.75, 3.05) is 27.6 Å². The molecule has 0 saturated heterocycles.